The summed E-state index contributed by atoms with van der Waals surface area (Å²) < 4.78 is 5.19. The van der Waals surface area contributed by atoms with E-state index in [1.807, 2.05) is 31.3 Å². The number of hydrogen-bond acceptors (Lipinski definition) is 6. The van der Waals surface area contributed by atoms with Gasteiger partial charge >= 0.3 is 0 Å². The highest BCUT2D eigenvalue weighted by Crippen LogP contribution is 2.24. The fourth-order valence-electron chi connectivity index (χ4n) is 1.88. The number of carbonyl (C=O) groups excluding carboxylic acids is 1. The van der Waals surface area contributed by atoms with Gasteiger partial charge in [0.15, 0.2) is 0 Å². The number of hydrogen-bond donors (Lipinski definition) is 3. The van der Waals surface area contributed by atoms with Gasteiger partial charge in [0.1, 0.15) is 6.26 Å². The Balaban J connectivity index is 0.000000541. The minimum atomic E-state index is 0.403. The van der Waals surface area contributed by atoms with Crippen LogP contribution in [0.3, 0.4) is 0 Å². The number of carbonyl (C=O) groups is 1. The molecule has 7 heteroatoms. The number of nitrogens with two attached hydrogens (primary N) is 2. The Bertz CT molecular complexity index is 594. The van der Waals surface area contributed by atoms with Gasteiger partial charge in [-0.25, -0.2) is 16.7 Å². The van der Waals surface area contributed by atoms with Gasteiger partial charge in [-0.2, -0.15) is 0 Å². The molecule has 2 aromatic rings. The van der Waals surface area contributed by atoms with Crippen LogP contribution in [0.15, 0.2) is 35.1 Å². The molecule has 0 bridgehead atoms. The summed E-state index contributed by atoms with van der Waals surface area (Å²) in [7, 11) is 1.83. The number of benzene rings is 1. The number of oxazole rings is 1. The molecular formula is C15H21N5O2. The predicted molar refractivity (Wildman–Crippen MR) is 87.2 cm³/mol. The lowest BCUT2D eigenvalue weighted by Crippen LogP contribution is -2.26. The van der Waals surface area contributed by atoms with Crippen LogP contribution in [-0.4, -0.2) is 18.4 Å². The third-order valence-electron chi connectivity index (χ3n) is 2.85. The molecule has 0 aliphatic rings. The molecule has 0 radical (unpaired) electrons. The van der Waals surface area contributed by atoms with Crippen LogP contribution in [0.5, 0.6) is 0 Å². The zero-order valence-corrected chi connectivity index (χ0v) is 12.7. The van der Waals surface area contributed by atoms with Crippen molar-refractivity contribution in [2.24, 2.45) is 11.7 Å². The van der Waals surface area contributed by atoms with Gasteiger partial charge in [-0.05, 0) is 24.1 Å². The number of hydrazine groups is 2. The van der Waals surface area contributed by atoms with Crippen molar-refractivity contribution in [2.75, 3.05) is 12.1 Å². The van der Waals surface area contributed by atoms with Crippen LogP contribution < -0.4 is 22.1 Å². The number of aromatic nitrogens is 1. The topological polar surface area (TPSA) is 110 Å². The average Bonchev–Trinajstić information content (AvgIpc) is 3.06. The monoisotopic (exact) mass is 303 g/mol. The van der Waals surface area contributed by atoms with Gasteiger partial charge in [0, 0.05) is 18.7 Å². The lowest BCUT2D eigenvalue weighted by atomic mass is 10.0. The molecule has 118 valence electrons. The van der Waals surface area contributed by atoms with Crippen LogP contribution in [0.1, 0.15) is 23.9 Å². The summed E-state index contributed by atoms with van der Waals surface area (Å²) in [6.45, 7) is 2.12. The van der Waals surface area contributed by atoms with Crippen molar-refractivity contribution in [1.29, 1.82) is 0 Å². The van der Waals surface area contributed by atoms with Crippen molar-refractivity contribution in [3.63, 3.8) is 0 Å². The Morgan fingerprint density at radius 1 is 1.41 bits per heavy atom. The second-order valence-electron chi connectivity index (χ2n) is 4.30. The van der Waals surface area contributed by atoms with Crippen molar-refractivity contribution in [3.05, 3.63) is 47.7 Å². The SMILES string of the molecule is CCc1cccc(N(C)N)c1/C=C/c1ncco1.NNC=O. The number of nitrogens with zero attached hydrogens (tertiary/aromatic N) is 2. The highest BCUT2D eigenvalue weighted by Gasteiger charge is 2.06. The highest BCUT2D eigenvalue weighted by molar-refractivity contribution is 5.77. The number of aryl methyl sites for hydroxylation is 1. The first-order valence-electron chi connectivity index (χ1n) is 6.71. The van der Waals surface area contributed by atoms with E-state index in [-0.39, 0.29) is 0 Å². The summed E-state index contributed by atoms with van der Waals surface area (Å²) in [6.07, 6.45) is 8.38. The Kier molecular flexibility index (Phi) is 7.38. The van der Waals surface area contributed by atoms with Crippen LogP contribution >= 0.6 is 0 Å². The second-order valence-corrected chi connectivity index (χ2v) is 4.30. The van der Waals surface area contributed by atoms with Crippen LogP contribution in [0, 0.1) is 0 Å². The first kappa shape index (κ1) is 17.4. The van der Waals surface area contributed by atoms with Crippen molar-refractivity contribution in [1.82, 2.24) is 10.4 Å². The van der Waals surface area contributed by atoms with E-state index in [0.29, 0.717) is 12.3 Å². The third kappa shape index (κ3) is 5.04. The second kappa shape index (κ2) is 9.32. The first-order valence-corrected chi connectivity index (χ1v) is 6.71. The lowest BCUT2D eigenvalue weighted by molar-refractivity contribution is -0.109. The quantitative estimate of drug-likeness (QED) is 0.332. The molecule has 0 atom stereocenters. The molecule has 0 saturated heterocycles. The molecule has 0 aliphatic carbocycles. The Morgan fingerprint density at radius 2 is 2.14 bits per heavy atom. The van der Waals surface area contributed by atoms with Crippen molar-refractivity contribution < 1.29 is 9.21 Å². The van der Waals surface area contributed by atoms with E-state index in [4.69, 9.17) is 15.1 Å². The Labute approximate surface area is 129 Å². The van der Waals surface area contributed by atoms with Crippen molar-refractivity contribution in [3.8, 4) is 0 Å². The molecule has 0 unspecified atom stereocenters. The maximum absolute atomic E-state index is 8.94. The van der Waals surface area contributed by atoms with Crippen LogP contribution in [-0.2, 0) is 11.2 Å². The van der Waals surface area contributed by atoms with Gasteiger partial charge in [0.25, 0.3) is 0 Å². The summed E-state index contributed by atoms with van der Waals surface area (Å²) in [5, 5.41) is 1.62. The van der Waals surface area contributed by atoms with E-state index in [9.17, 15) is 0 Å². The van der Waals surface area contributed by atoms with Crippen LogP contribution in [0.25, 0.3) is 12.2 Å². The maximum Gasteiger partial charge on any atom is 0.221 e. The standard InChI is InChI=1S/C14H17N3O.CH4N2O/c1-3-11-5-4-6-13(17(2)15)12(11)7-8-14-16-9-10-18-14;2-3-1-4/h4-10H,3,15H2,1-2H3;1H,2H2,(H,3,4)/b8-7+;. The summed E-state index contributed by atoms with van der Waals surface area (Å²) in [5.41, 5.74) is 5.08. The van der Waals surface area contributed by atoms with Gasteiger partial charge in [0.05, 0.1) is 11.9 Å². The predicted octanol–water partition coefficient (Wildman–Crippen LogP) is 1.32. The Hall–Kier alpha value is -2.64. The van der Waals surface area contributed by atoms with Gasteiger partial charge in [0.2, 0.25) is 12.3 Å². The van der Waals surface area contributed by atoms with Gasteiger partial charge < -0.3 is 9.43 Å². The molecule has 5 N–H and O–H groups in total. The normalized spacial score (nSPS) is 10.0. The van der Waals surface area contributed by atoms with Gasteiger partial charge in [-0.3, -0.25) is 10.2 Å². The summed E-state index contributed by atoms with van der Waals surface area (Å²) in [4.78, 5) is 13.0. The number of rotatable bonds is 5. The molecule has 0 aliphatic heterocycles. The van der Waals surface area contributed by atoms with E-state index >= 15 is 0 Å². The largest absolute Gasteiger partial charge is 0.445 e. The summed E-state index contributed by atoms with van der Waals surface area (Å²) in [5.74, 6) is 10.8. The number of amides is 1. The fourth-order valence-corrected chi connectivity index (χ4v) is 1.88. The molecule has 7 nitrogen and oxygen atoms in total. The highest BCUT2D eigenvalue weighted by atomic mass is 16.3. The molecule has 0 fully saturated rings. The first-order chi connectivity index (χ1) is 10.6. The molecule has 0 saturated carbocycles. The van der Waals surface area contributed by atoms with Crippen molar-refractivity contribution in [2.45, 2.75) is 13.3 Å². The molecule has 1 amide bonds. The van der Waals surface area contributed by atoms with E-state index in [1.54, 1.807) is 22.9 Å². The van der Waals surface area contributed by atoms with E-state index in [1.165, 1.54) is 5.56 Å². The van der Waals surface area contributed by atoms with Gasteiger partial charge in [-0.1, -0.05) is 19.1 Å². The van der Waals surface area contributed by atoms with E-state index < -0.39 is 0 Å². The molecule has 1 heterocycles. The average molecular weight is 303 g/mol. The third-order valence-corrected chi connectivity index (χ3v) is 2.85. The van der Waals surface area contributed by atoms with Gasteiger partial charge in [-0.15, -0.1) is 0 Å². The molecule has 2 rings (SSSR count). The zero-order valence-electron chi connectivity index (χ0n) is 12.7. The zero-order chi connectivity index (χ0) is 16.4. The molecule has 1 aromatic heterocycles. The fraction of sp³-hybridized carbons (Fsp3) is 0.200. The molecule has 0 spiro atoms. The van der Waals surface area contributed by atoms with E-state index in [0.717, 1.165) is 17.7 Å². The molecule has 1 aromatic carbocycles. The molecular weight excluding hydrogens is 282 g/mol. The Morgan fingerprint density at radius 3 is 2.64 bits per heavy atom. The van der Waals surface area contributed by atoms with Crippen LogP contribution in [0.2, 0.25) is 0 Å². The maximum atomic E-state index is 8.94. The summed E-state index contributed by atoms with van der Waals surface area (Å²) >= 11 is 0. The number of nitrogens with one attached hydrogen (secondary N) is 1. The minimum Gasteiger partial charge on any atom is -0.445 e. The van der Waals surface area contributed by atoms with E-state index in [2.05, 4.69) is 23.8 Å². The van der Waals surface area contributed by atoms with Crippen molar-refractivity contribution >= 4 is 24.2 Å². The number of anilines is 1. The minimum absolute atomic E-state index is 0.403. The summed E-state index contributed by atoms with van der Waals surface area (Å²) in [6, 6.07) is 6.11. The smallest absolute Gasteiger partial charge is 0.221 e. The molecule has 22 heavy (non-hydrogen) atoms. The lowest BCUT2D eigenvalue weighted by Gasteiger charge is -2.17. The van der Waals surface area contributed by atoms with Crippen LogP contribution in [0.4, 0.5) is 5.69 Å².